The topological polar surface area (TPSA) is 64.8 Å². The zero-order valence-corrected chi connectivity index (χ0v) is 10.1. The van der Waals surface area contributed by atoms with Crippen LogP contribution in [0.2, 0.25) is 0 Å². The maximum atomic E-state index is 8.79. The smallest absolute Gasteiger partial charge is 0.226 e. The van der Waals surface area contributed by atoms with Gasteiger partial charge in [-0.05, 0) is 25.5 Å². The lowest BCUT2D eigenvalue weighted by molar-refractivity contribution is 0.402. The number of hydrogen-bond donors (Lipinski definition) is 1. The molecule has 0 aliphatic carbocycles. The van der Waals surface area contributed by atoms with E-state index in [1.54, 1.807) is 12.3 Å². The minimum atomic E-state index is 0.415. The number of nitrogens with zero attached hydrogens (tertiary/aromatic N) is 4. The molecule has 0 radical (unpaired) electrons. The van der Waals surface area contributed by atoms with Crippen LogP contribution in [-0.2, 0) is 0 Å². The van der Waals surface area contributed by atoms with E-state index in [4.69, 9.17) is 5.26 Å². The third-order valence-electron chi connectivity index (χ3n) is 3.01. The first kappa shape index (κ1) is 11.8. The molecule has 1 N–H and O–H groups in total. The van der Waals surface area contributed by atoms with Gasteiger partial charge in [0.1, 0.15) is 11.8 Å². The van der Waals surface area contributed by atoms with Crippen molar-refractivity contribution in [2.75, 3.05) is 25.0 Å². The van der Waals surface area contributed by atoms with Gasteiger partial charge in [0.15, 0.2) is 0 Å². The van der Waals surface area contributed by atoms with Crippen LogP contribution in [-0.4, -0.2) is 36.1 Å². The highest BCUT2D eigenvalue weighted by Gasteiger charge is 2.16. The van der Waals surface area contributed by atoms with E-state index in [1.165, 1.54) is 19.3 Å². The summed E-state index contributed by atoms with van der Waals surface area (Å²) in [6, 6.07) is 4.16. The number of rotatable bonds is 3. The van der Waals surface area contributed by atoms with E-state index in [-0.39, 0.29) is 0 Å². The Hall–Kier alpha value is -1.67. The minimum Gasteiger partial charge on any atom is -0.342 e. The highest BCUT2D eigenvalue weighted by molar-refractivity contribution is 5.32. The van der Waals surface area contributed by atoms with Crippen molar-refractivity contribution < 1.29 is 0 Å². The molecule has 1 unspecified atom stereocenters. The van der Waals surface area contributed by atoms with Crippen LogP contribution < -0.4 is 10.2 Å². The zero-order chi connectivity index (χ0) is 12.1. The number of aromatic nitrogens is 2. The standard InChI is InChI=1S/C12H17N5/c1-17(9-11-4-2-3-6-14-11)12-15-7-5-10(8-13)16-12/h5,7,11,14H,2-4,6,9H2,1H3. The number of anilines is 1. The van der Waals surface area contributed by atoms with Gasteiger partial charge in [-0.25, -0.2) is 9.97 Å². The van der Waals surface area contributed by atoms with Gasteiger partial charge in [-0.1, -0.05) is 6.42 Å². The largest absolute Gasteiger partial charge is 0.342 e. The second-order valence-electron chi connectivity index (χ2n) is 4.38. The number of likely N-dealkylation sites (N-methyl/N-ethyl adjacent to an activating group) is 1. The molecule has 17 heavy (non-hydrogen) atoms. The average molecular weight is 231 g/mol. The van der Waals surface area contributed by atoms with Gasteiger partial charge in [-0.15, -0.1) is 0 Å². The molecule has 1 aromatic heterocycles. The number of nitrogens with one attached hydrogen (secondary N) is 1. The van der Waals surface area contributed by atoms with Gasteiger partial charge in [-0.2, -0.15) is 5.26 Å². The van der Waals surface area contributed by atoms with E-state index in [2.05, 4.69) is 15.3 Å². The normalized spacial score (nSPS) is 19.6. The van der Waals surface area contributed by atoms with Crippen molar-refractivity contribution in [2.24, 2.45) is 0 Å². The van der Waals surface area contributed by atoms with E-state index in [0.29, 0.717) is 17.7 Å². The summed E-state index contributed by atoms with van der Waals surface area (Å²) in [6.07, 6.45) is 5.37. The molecule has 90 valence electrons. The number of piperidine rings is 1. The first-order valence-corrected chi connectivity index (χ1v) is 5.97. The predicted octanol–water partition coefficient (Wildman–Crippen LogP) is 0.927. The minimum absolute atomic E-state index is 0.415. The van der Waals surface area contributed by atoms with Crippen molar-refractivity contribution in [1.29, 1.82) is 5.26 Å². The Morgan fingerprint density at radius 1 is 1.59 bits per heavy atom. The lowest BCUT2D eigenvalue weighted by Crippen LogP contribution is -2.42. The molecule has 1 saturated heterocycles. The molecule has 1 aliphatic rings. The number of hydrogen-bond acceptors (Lipinski definition) is 5. The summed E-state index contributed by atoms with van der Waals surface area (Å²) in [7, 11) is 1.97. The van der Waals surface area contributed by atoms with E-state index >= 15 is 0 Å². The molecule has 1 fully saturated rings. The van der Waals surface area contributed by atoms with Crippen molar-refractivity contribution >= 4 is 5.95 Å². The van der Waals surface area contributed by atoms with Crippen LogP contribution in [0.1, 0.15) is 25.0 Å². The zero-order valence-electron chi connectivity index (χ0n) is 10.1. The van der Waals surface area contributed by atoms with Gasteiger partial charge < -0.3 is 10.2 Å². The molecular formula is C12H17N5. The van der Waals surface area contributed by atoms with Gasteiger partial charge in [0.2, 0.25) is 5.95 Å². The Kier molecular flexibility index (Phi) is 3.89. The molecular weight excluding hydrogens is 214 g/mol. The Labute approximate surface area is 101 Å². The van der Waals surface area contributed by atoms with Gasteiger partial charge in [0.25, 0.3) is 0 Å². The maximum absolute atomic E-state index is 8.79. The van der Waals surface area contributed by atoms with Crippen LogP contribution in [0.25, 0.3) is 0 Å². The second kappa shape index (κ2) is 5.60. The molecule has 1 atom stereocenters. The summed E-state index contributed by atoms with van der Waals surface area (Å²) in [5.41, 5.74) is 0.415. The maximum Gasteiger partial charge on any atom is 0.226 e. The SMILES string of the molecule is CN(CC1CCCCN1)c1nccc(C#N)n1. The first-order valence-electron chi connectivity index (χ1n) is 5.97. The van der Waals surface area contributed by atoms with Crippen molar-refractivity contribution in [3.63, 3.8) is 0 Å². The summed E-state index contributed by atoms with van der Waals surface area (Å²) in [6.45, 7) is 1.98. The number of nitriles is 1. The van der Waals surface area contributed by atoms with Crippen LogP contribution in [0.4, 0.5) is 5.95 Å². The van der Waals surface area contributed by atoms with Gasteiger partial charge >= 0.3 is 0 Å². The van der Waals surface area contributed by atoms with Crippen LogP contribution in [0, 0.1) is 11.3 Å². The molecule has 0 spiro atoms. The van der Waals surface area contributed by atoms with Gasteiger partial charge in [-0.3, -0.25) is 0 Å². The molecule has 0 bridgehead atoms. The molecule has 0 aromatic carbocycles. The summed E-state index contributed by atoms with van der Waals surface area (Å²) >= 11 is 0. The third-order valence-corrected chi connectivity index (χ3v) is 3.01. The van der Waals surface area contributed by atoms with Gasteiger partial charge in [0, 0.05) is 25.8 Å². The highest BCUT2D eigenvalue weighted by Crippen LogP contribution is 2.11. The Morgan fingerprint density at radius 2 is 2.47 bits per heavy atom. The molecule has 1 aromatic rings. The van der Waals surface area contributed by atoms with Crippen LogP contribution >= 0.6 is 0 Å². The van der Waals surface area contributed by atoms with E-state index in [1.807, 2.05) is 18.0 Å². The lowest BCUT2D eigenvalue weighted by Gasteiger charge is -2.28. The summed E-state index contributed by atoms with van der Waals surface area (Å²) < 4.78 is 0. The van der Waals surface area contributed by atoms with Gasteiger partial charge in [0.05, 0.1) is 0 Å². The quantitative estimate of drug-likeness (QED) is 0.838. The molecule has 5 heteroatoms. The monoisotopic (exact) mass is 231 g/mol. The van der Waals surface area contributed by atoms with E-state index < -0.39 is 0 Å². The molecule has 1 aliphatic heterocycles. The fraction of sp³-hybridized carbons (Fsp3) is 0.583. The van der Waals surface area contributed by atoms with E-state index in [0.717, 1.165) is 13.1 Å². The van der Waals surface area contributed by atoms with E-state index in [9.17, 15) is 0 Å². The van der Waals surface area contributed by atoms with Crippen molar-refractivity contribution in [1.82, 2.24) is 15.3 Å². The summed E-state index contributed by atoms with van der Waals surface area (Å²) in [4.78, 5) is 10.4. The van der Waals surface area contributed by atoms with Crippen molar-refractivity contribution in [2.45, 2.75) is 25.3 Å². The highest BCUT2D eigenvalue weighted by atomic mass is 15.2. The van der Waals surface area contributed by atoms with Crippen LogP contribution in [0.3, 0.4) is 0 Å². The molecule has 5 nitrogen and oxygen atoms in total. The Balaban J connectivity index is 1.98. The summed E-state index contributed by atoms with van der Waals surface area (Å²) in [5.74, 6) is 0.622. The Morgan fingerprint density at radius 3 is 3.18 bits per heavy atom. The van der Waals surface area contributed by atoms with Crippen LogP contribution in [0.15, 0.2) is 12.3 Å². The Bertz CT molecular complexity index is 406. The molecule has 2 heterocycles. The molecule has 0 saturated carbocycles. The fourth-order valence-electron chi connectivity index (χ4n) is 2.09. The van der Waals surface area contributed by atoms with Crippen molar-refractivity contribution in [3.8, 4) is 6.07 Å². The second-order valence-corrected chi connectivity index (χ2v) is 4.38. The fourth-order valence-corrected chi connectivity index (χ4v) is 2.09. The first-order chi connectivity index (χ1) is 8.29. The average Bonchev–Trinajstić information content (AvgIpc) is 2.40. The van der Waals surface area contributed by atoms with Crippen molar-refractivity contribution in [3.05, 3.63) is 18.0 Å². The molecule has 2 rings (SSSR count). The molecule has 0 amide bonds. The lowest BCUT2D eigenvalue weighted by atomic mass is 10.0. The third kappa shape index (κ3) is 3.14. The predicted molar refractivity (Wildman–Crippen MR) is 65.7 cm³/mol. The van der Waals surface area contributed by atoms with Crippen LogP contribution in [0.5, 0.6) is 0 Å². The summed E-state index contributed by atoms with van der Waals surface area (Å²) in [5, 5.41) is 12.3.